The SMILES string of the molecule is COc1ccc([C@@H](CNC(=O)N2CCN(Cc3ccc4c(c3)OCO4)CC2)N2CCCC2)cc1. The van der Waals surface area contributed by atoms with E-state index in [0.717, 1.165) is 63.1 Å². The van der Waals surface area contributed by atoms with Crippen molar-refractivity contribution in [1.82, 2.24) is 20.0 Å². The van der Waals surface area contributed by atoms with Crippen molar-refractivity contribution >= 4 is 6.03 Å². The fraction of sp³-hybridized carbons (Fsp3) is 0.500. The lowest BCUT2D eigenvalue weighted by Gasteiger charge is -2.35. The molecule has 2 saturated heterocycles. The van der Waals surface area contributed by atoms with E-state index in [4.69, 9.17) is 14.2 Å². The molecule has 2 aromatic carbocycles. The lowest BCUT2D eigenvalue weighted by atomic mass is 10.1. The van der Waals surface area contributed by atoms with Gasteiger partial charge in [0, 0.05) is 39.3 Å². The summed E-state index contributed by atoms with van der Waals surface area (Å²) in [5.41, 5.74) is 2.42. The number of nitrogens with zero attached hydrogens (tertiary/aromatic N) is 3. The lowest BCUT2D eigenvalue weighted by Crippen LogP contribution is -2.52. The van der Waals surface area contributed by atoms with Gasteiger partial charge in [-0.25, -0.2) is 4.79 Å². The second-order valence-corrected chi connectivity index (χ2v) is 9.17. The van der Waals surface area contributed by atoms with Crippen LogP contribution in [0.2, 0.25) is 0 Å². The van der Waals surface area contributed by atoms with Gasteiger partial charge in [-0.15, -0.1) is 0 Å². The molecule has 3 aliphatic rings. The quantitative estimate of drug-likeness (QED) is 0.677. The Balaban J connectivity index is 1.12. The van der Waals surface area contributed by atoms with Crippen LogP contribution in [0.25, 0.3) is 0 Å². The van der Waals surface area contributed by atoms with E-state index in [1.807, 2.05) is 23.1 Å². The summed E-state index contributed by atoms with van der Waals surface area (Å²) in [6, 6.07) is 14.6. The van der Waals surface area contributed by atoms with E-state index < -0.39 is 0 Å². The third kappa shape index (κ3) is 5.23. The molecule has 0 radical (unpaired) electrons. The zero-order chi connectivity index (χ0) is 23.3. The van der Waals surface area contributed by atoms with Gasteiger partial charge in [-0.1, -0.05) is 18.2 Å². The molecule has 0 spiro atoms. The van der Waals surface area contributed by atoms with Gasteiger partial charge in [0.15, 0.2) is 11.5 Å². The number of rotatable bonds is 7. The van der Waals surface area contributed by atoms with Gasteiger partial charge in [-0.3, -0.25) is 9.80 Å². The third-order valence-electron chi connectivity index (χ3n) is 7.03. The number of amides is 2. The number of hydrogen-bond acceptors (Lipinski definition) is 6. The number of urea groups is 1. The minimum atomic E-state index is 0.0282. The van der Waals surface area contributed by atoms with Crippen molar-refractivity contribution in [3.63, 3.8) is 0 Å². The van der Waals surface area contributed by atoms with Crippen molar-refractivity contribution in [2.45, 2.75) is 25.4 Å². The number of likely N-dealkylation sites (tertiary alicyclic amines) is 1. The van der Waals surface area contributed by atoms with Gasteiger partial charge >= 0.3 is 6.03 Å². The topological polar surface area (TPSA) is 66.5 Å². The van der Waals surface area contributed by atoms with Crippen LogP contribution in [0.1, 0.15) is 30.0 Å². The Kier molecular flexibility index (Phi) is 7.06. The number of methoxy groups -OCH3 is 1. The standard InChI is InChI=1S/C26H34N4O4/c1-32-22-7-5-21(6-8-22)23(29-10-2-3-11-29)17-27-26(31)30-14-12-28(13-15-30)18-20-4-9-24-25(16-20)34-19-33-24/h4-9,16,23H,2-3,10-15,17-19H2,1H3,(H,27,31)/t23-/m1/s1. The van der Waals surface area contributed by atoms with Crippen molar-refractivity contribution in [2.75, 3.05) is 59.7 Å². The van der Waals surface area contributed by atoms with Crippen LogP contribution in [0.5, 0.6) is 17.2 Å². The molecule has 0 aromatic heterocycles. The molecule has 2 amide bonds. The number of benzene rings is 2. The second-order valence-electron chi connectivity index (χ2n) is 9.17. The van der Waals surface area contributed by atoms with Gasteiger partial charge in [0.1, 0.15) is 5.75 Å². The van der Waals surface area contributed by atoms with E-state index in [1.165, 1.54) is 24.0 Å². The highest BCUT2D eigenvalue weighted by atomic mass is 16.7. The van der Waals surface area contributed by atoms with Crippen LogP contribution >= 0.6 is 0 Å². The van der Waals surface area contributed by atoms with E-state index in [2.05, 4.69) is 39.4 Å². The van der Waals surface area contributed by atoms with Gasteiger partial charge in [0.2, 0.25) is 6.79 Å². The molecule has 3 heterocycles. The number of carbonyl (C=O) groups excluding carboxylic acids is 1. The number of carbonyl (C=O) groups is 1. The molecule has 3 aliphatic heterocycles. The predicted molar refractivity (Wildman–Crippen MR) is 129 cm³/mol. The number of nitrogens with one attached hydrogen (secondary N) is 1. The normalized spacial score (nSPS) is 19.3. The number of hydrogen-bond donors (Lipinski definition) is 1. The predicted octanol–water partition coefficient (Wildman–Crippen LogP) is 3.09. The van der Waals surface area contributed by atoms with E-state index in [-0.39, 0.29) is 12.1 Å². The summed E-state index contributed by atoms with van der Waals surface area (Å²) in [4.78, 5) is 19.8. The summed E-state index contributed by atoms with van der Waals surface area (Å²) in [5, 5.41) is 3.21. The number of ether oxygens (including phenoxy) is 3. The maximum absolute atomic E-state index is 13.0. The highest BCUT2D eigenvalue weighted by molar-refractivity contribution is 5.74. The summed E-state index contributed by atoms with van der Waals surface area (Å²) in [6.07, 6.45) is 2.43. The molecule has 5 rings (SSSR count). The first kappa shape index (κ1) is 22.8. The molecule has 1 N–H and O–H groups in total. The number of fused-ring (bicyclic) bond motifs is 1. The fourth-order valence-electron chi connectivity index (χ4n) is 5.04. The van der Waals surface area contributed by atoms with Crippen molar-refractivity contribution in [3.8, 4) is 17.2 Å². The van der Waals surface area contributed by atoms with Crippen LogP contribution in [-0.2, 0) is 6.54 Å². The zero-order valence-corrected chi connectivity index (χ0v) is 19.9. The summed E-state index contributed by atoms with van der Waals surface area (Å²) >= 11 is 0. The first-order chi connectivity index (χ1) is 16.7. The average Bonchev–Trinajstić information content (AvgIpc) is 3.57. The maximum atomic E-state index is 13.0. The minimum absolute atomic E-state index is 0.0282. The Morgan fingerprint density at radius 3 is 2.44 bits per heavy atom. The smallest absolute Gasteiger partial charge is 0.317 e. The van der Waals surface area contributed by atoms with Crippen molar-refractivity contribution in [2.24, 2.45) is 0 Å². The fourth-order valence-corrected chi connectivity index (χ4v) is 5.04. The van der Waals surface area contributed by atoms with Crippen molar-refractivity contribution in [3.05, 3.63) is 53.6 Å². The van der Waals surface area contributed by atoms with Gasteiger partial charge in [-0.2, -0.15) is 0 Å². The largest absolute Gasteiger partial charge is 0.497 e. The molecule has 1 atom stereocenters. The first-order valence-electron chi connectivity index (χ1n) is 12.2. The second kappa shape index (κ2) is 10.5. The van der Waals surface area contributed by atoms with E-state index in [9.17, 15) is 4.79 Å². The van der Waals surface area contributed by atoms with Crippen LogP contribution in [0.3, 0.4) is 0 Å². The van der Waals surface area contributed by atoms with E-state index in [0.29, 0.717) is 13.3 Å². The van der Waals surface area contributed by atoms with Gasteiger partial charge in [0.25, 0.3) is 0 Å². The summed E-state index contributed by atoms with van der Waals surface area (Å²) in [6.45, 7) is 7.08. The molecule has 8 nitrogen and oxygen atoms in total. The average molecular weight is 467 g/mol. The Morgan fingerprint density at radius 2 is 1.71 bits per heavy atom. The Labute approximate surface area is 201 Å². The van der Waals surface area contributed by atoms with Crippen LogP contribution in [0.4, 0.5) is 4.79 Å². The molecule has 34 heavy (non-hydrogen) atoms. The maximum Gasteiger partial charge on any atom is 0.317 e. The van der Waals surface area contributed by atoms with Crippen LogP contribution in [0, 0.1) is 0 Å². The Morgan fingerprint density at radius 1 is 0.971 bits per heavy atom. The number of piperazine rings is 1. The first-order valence-corrected chi connectivity index (χ1v) is 12.2. The van der Waals surface area contributed by atoms with Crippen molar-refractivity contribution in [1.29, 1.82) is 0 Å². The minimum Gasteiger partial charge on any atom is -0.497 e. The Bertz CT molecular complexity index is 969. The van der Waals surface area contributed by atoms with Crippen LogP contribution in [-0.4, -0.2) is 80.4 Å². The molecule has 0 bridgehead atoms. The molecule has 8 heteroatoms. The van der Waals surface area contributed by atoms with Crippen LogP contribution in [0.15, 0.2) is 42.5 Å². The van der Waals surface area contributed by atoms with Gasteiger partial charge in [-0.05, 0) is 61.3 Å². The molecule has 2 aromatic rings. The van der Waals surface area contributed by atoms with E-state index >= 15 is 0 Å². The molecule has 0 aliphatic carbocycles. The van der Waals surface area contributed by atoms with Crippen LogP contribution < -0.4 is 19.5 Å². The summed E-state index contributed by atoms with van der Waals surface area (Å²) < 4.78 is 16.2. The van der Waals surface area contributed by atoms with Crippen molar-refractivity contribution < 1.29 is 19.0 Å². The van der Waals surface area contributed by atoms with E-state index in [1.54, 1.807) is 7.11 Å². The molecule has 2 fully saturated rings. The molecular weight excluding hydrogens is 432 g/mol. The Hall–Kier alpha value is -2.97. The molecule has 182 valence electrons. The molecule has 0 saturated carbocycles. The summed E-state index contributed by atoms with van der Waals surface area (Å²) in [7, 11) is 1.68. The highest BCUT2D eigenvalue weighted by Crippen LogP contribution is 2.33. The molecular formula is C26H34N4O4. The monoisotopic (exact) mass is 466 g/mol. The zero-order valence-electron chi connectivity index (χ0n) is 19.9. The lowest BCUT2D eigenvalue weighted by molar-refractivity contribution is 0.132. The van der Waals surface area contributed by atoms with Gasteiger partial charge < -0.3 is 24.4 Å². The third-order valence-corrected chi connectivity index (χ3v) is 7.03. The molecule has 0 unspecified atom stereocenters. The highest BCUT2D eigenvalue weighted by Gasteiger charge is 2.26. The van der Waals surface area contributed by atoms with Gasteiger partial charge in [0.05, 0.1) is 13.2 Å². The summed E-state index contributed by atoms with van der Waals surface area (Å²) in [5.74, 6) is 2.48.